The van der Waals surface area contributed by atoms with Crippen molar-refractivity contribution < 1.29 is 19.1 Å². The van der Waals surface area contributed by atoms with Gasteiger partial charge in [-0.25, -0.2) is 9.18 Å². The van der Waals surface area contributed by atoms with Gasteiger partial charge in [-0.3, -0.25) is 4.79 Å². The van der Waals surface area contributed by atoms with Gasteiger partial charge in [0.2, 0.25) is 5.91 Å². The molecule has 0 bridgehead atoms. The minimum atomic E-state index is -0.997. The Bertz CT molecular complexity index is 1440. The number of anilines is 2. The number of nitrogens with zero attached hydrogens (tertiary/aromatic N) is 2. The summed E-state index contributed by atoms with van der Waals surface area (Å²) < 4.78 is 14.7. The maximum absolute atomic E-state index is 14.7. The molecule has 3 aromatic rings. The van der Waals surface area contributed by atoms with Crippen molar-refractivity contribution in [2.75, 3.05) is 17.2 Å². The Morgan fingerprint density at radius 1 is 1.13 bits per heavy atom. The monoisotopic (exact) mass is 533 g/mol. The largest absolute Gasteiger partial charge is 0.391 e. The standard InChI is InChI=1S/C28H25ClFN5O3/c29-19-5-7-20(8-6-19)33-27(38)35-15-21(36)12-25(35)26(37)34-24-11-17(4-9-23(24)30)22-13-28(22,32)18-3-1-2-16(10-18)14-31/h1-11,21-22,25,36H,12-13,15,32H2,(H,33,38)(H,34,37)/t21-,22?,25-,28?/m1/s1. The molecule has 5 N–H and O–H groups in total. The fourth-order valence-electron chi connectivity index (χ4n) is 4.98. The summed E-state index contributed by atoms with van der Waals surface area (Å²) in [5, 5.41) is 25.2. The van der Waals surface area contributed by atoms with Crippen LogP contribution in [0.4, 0.5) is 20.6 Å². The molecule has 2 fully saturated rings. The predicted octanol–water partition coefficient (Wildman–Crippen LogP) is 4.30. The third-order valence-corrected chi connectivity index (χ3v) is 7.37. The van der Waals surface area contributed by atoms with Gasteiger partial charge < -0.3 is 26.4 Å². The van der Waals surface area contributed by atoms with Crippen LogP contribution >= 0.6 is 11.6 Å². The topological polar surface area (TPSA) is 131 Å². The van der Waals surface area contributed by atoms with Gasteiger partial charge in [0.15, 0.2) is 0 Å². The summed E-state index contributed by atoms with van der Waals surface area (Å²) in [6, 6.07) is 18.6. The van der Waals surface area contributed by atoms with E-state index in [9.17, 15) is 24.3 Å². The number of β-amino-alcohol motifs (C(OH)–C–C–N with tert-alkyl or cyclic N) is 1. The van der Waals surface area contributed by atoms with Crippen LogP contribution in [0.2, 0.25) is 5.02 Å². The van der Waals surface area contributed by atoms with Gasteiger partial charge in [0, 0.05) is 35.1 Å². The molecule has 1 heterocycles. The molecule has 0 spiro atoms. The third kappa shape index (κ3) is 5.07. The number of aliphatic hydroxyl groups excluding tert-OH is 1. The number of hydrogen-bond acceptors (Lipinski definition) is 5. The van der Waals surface area contributed by atoms with Crippen LogP contribution in [-0.4, -0.2) is 40.6 Å². The summed E-state index contributed by atoms with van der Waals surface area (Å²) in [7, 11) is 0. The van der Waals surface area contributed by atoms with Crippen molar-refractivity contribution in [1.29, 1.82) is 5.26 Å². The molecule has 8 nitrogen and oxygen atoms in total. The lowest BCUT2D eigenvalue weighted by Crippen LogP contribution is -2.45. The van der Waals surface area contributed by atoms with Crippen molar-refractivity contribution in [2.45, 2.75) is 36.4 Å². The quantitative estimate of drug-likeness (QED) is 0.388. The lowest BCUT2D eigenvalue weighted by atomic mass is 9.97. The Balaban J connectivity index is 1.30. The molecule has 10 heteroatoms. The highest BCUT2D eigenvalue weighted by atomic mass is 35.5. The number of aliphatic hydroxyl groups is 1. The molecule has 2 unspecified atom stereocenters. The summed E-state index contributed by atoms with van der Waals surface area (Å²) in [5.74, 6) is -1.37. The number of carbonyl (C=O) groups is 2. The highest BCUT2D eigenvalue weighted by Gasteiger charge is 2.53. The van der Waals surface area contributed by atoms with E-state index < -0.39 is 35.4 Å². The van der Waals surface area contributed by atoms with E-state index in [0.717, 1.165) is 11.1 Å². The van der Waals surface area contributed by atoms with Crippen LogP contribution in [0, 0.1) is 17.1 Å². The molecular formula is C28H25ClFN5O3. The average Bonchev–Trinajstić information content (AvgIpc) is 3.45. The number of carbonyl (C=O) groups excluding carboxylic acids is 2. The van der Waals surface area contributed by atoms with Gasteiger partial charge in [0.1, 0.15) is 11.9 Å². The Morgan fingerprint density at radius 2 is 1.89 bits per heavy atom. The number of nitrogens with two attached hydrogens (primary N) is 1. The smallest absolute Gasteiger partial charge is 0.322 e. The molecule has 3 aromatic carbocycles. The number of halogens is 2. The van der Waals surface area contributed by atoms with Gasteiger partial charge in [-0.15, -0.1) is 0 Å². The van der Waals surface area contributed by atoms with E-state index >= 15 is 0 Å². The lowest BCUT2D eigenvalue weighted by Gasteiger charge is -2.24. The van der Waals surface area contributed by atoms with Crippen LogP contribution in [0.25, 0.3) is 0 Å². The van der Waals surface area contributed by atoms with E-state index in [1.807, 2.05) is 6.07 Å². The van der Waals surface area contributed by atoms with E-state index in [1.54, 1.807) is 54.6 Å². The second kappa shape index (κ2) is 10.1. The lowest BCUT2D eigenvalue weighted by molar-refractivity contribution is -0.119. The van der Waals surface area contributed by atoms with Crippen LogP contribution in [0.1, 0.15) is 35.4 Å². The number of nitriles is 1. The SMILES string of the molecule is N#Cc1cccc(C2(N)CC2c2ccc(F)c(NC(=O)[C@H]3C[C@@H](O)CN3C(=O)Nc3ccc(Cl)cc3)c2)c1. The number of rotatable bonds is 5. The van der Waals surface area contributed by atoms with Gasteiger partial charge in [-0.1, -0.05) is 29.8 Å². The number of benzene rings is 3. The maximum Gasteiger partial charge on any atom is 0.322 e. The number of hydrogen-bond donors (Lipinski definition) is 4. The molecule has 38 heavy (non-hydrogen) atoms. The highest BCUT2D eigenvalue weighted by molar-refractivity contribution is 6.30. The Labute approximate surface area is 223 Å². The van der Waals surface area contributed by atoms with Gasteiger partial charge >= 0.3 is 6.03 Å². The summed E-state index contributed by atoms with van der Waals surface area (Å²) in [6.45, 7) is -0.0421. The first-order valence-electron chi connectivity index (χ1n) is 12.1. The molecule has 2 aliphatic rings. The molecule has 3 amide bonds. The Kier molecular flexibility index (Phi) is 6.80. The molecule has 1 saturated heterocycles. The number of amides is 3. The normalized spacial score (nSPS) is 24.0. The molecule has 1 aliphatic heterocycles. The predicted molar refractivity (Wildman–Crippen MR) is 141 cm³/mol. The molecular weight excluding hydrogens is 509 g/mol. The van der Waals surface area contributed by atoms with Crippen LogP contribution in [0.3, 0.4) is 0 Å². The fraction of sp³-hybridized carbons (Fsp3) is 0.250. The highest BCUT2D eigenvalue weighted by Crippen LogP contribution is 2.56. The minimum Gasteiger partial charge on any atom is -0.391 e. The van der Waals surface area contributed by atoms with Crippen LogP contribution in [0.5, 0.6) is 0 Å². The molecule has 0 aromatic heterocycles. The molecule has 1 aliphatic carbocycles. The molecule has 1 saturated carbocycles. The second-order valence-corrected chi connectivity index (χ2v) is 10.1. The van der Waals surface area contributed by atoms with Crippen molar-refractivity contribution in [1.82, 2.24) is 4.90 Å². The van der Waals surface area contributed by atoms with Gasteiger partial charge in [0.25, 0.3) is 0 Å². The van der Waals surface area contributed by atoms with E-state index in [2.05, 4.69) is 16.7 Å². The van der Waals surface area contributed by atoms with Crippen LogP contribution in [-0.2, 0) is 10.3 Å². The van der Waals surface area contributed by atoms with E-state index in [-0.39, 0.29) is 24.6 Å². The Hall–Kier alpha value is -3.97. The summed E-state index contributed by atoms with van der Waals surface area (Å²) in [4.78, 5) is 27.2. The maximum atomic E-state index is 14.7. The van der Waals surface area contributed by atoms with Gasteiger partial charge in [0.05, 0.1) is 23.4 Å². The first-order chi connectivity index (χ1) is 18.2. The zero-order valence-electron chi connectivity index (χ0n) is 20.2. The summed E-state index contributed by atoms with van der Waals surface area (Å²) in [5.41, 5.74) is 8.44. The van der Waals surface area contributed by atoms with Crippen LogP contribution in [0.15, 0.2) is 66.7 Å². The van der Waals surface area contributed by atoms with Crippen molar-refractivity contribution in [3.05, 3.63) is 94.3 Å². The van der Waals surface area contributed by atoms with Crippen molar-refractivity contribution in [3.63, 3.8) is 0 Å². The second-order valence-electron chi connectivity index (χ2n) is 9.71. The van der Waals surface area contributed by atoms with Gasteiger partial charge in [-0.05, 0) is 66.1 Å². The van der Waals surface area contributed by atoms with E-state index in [0.29, 0.717) is 22.7 Å². The van der Waals surface area contributed by atoms with Crippen molar-refractivity contribution >= 4 is 34.9 Å². The third-order valence-electron chi connectivity index (χ3n) is 7.12. The molecule has 0 radical (unpaired) electrons. The molecule has 4 atom stereocenters. The fourth-order valence-corrected chi connectivity index (χ4v) is 5.10. The molecule has 194 valence electrons. The molecule has 5 rings (SSSR count). The zero-order valence-corrected chi connectivity index (χ0v) is 21.0. The average molecular weight is 534 g/mol. The Morgan fingerprint density at radius 3 is 2.63 bits per heavy atom. The number of urea groups is 1. The van der Waals surface area contributed by atoms with E-state index in [4.69, 9.17) is 17.3 Å². The number of nitrogens with one attached hydrogen (secondary N) is 2. The van der Waals surface area contributed by atoms with Crippen molar-refractivity contribution in [3.8, 4) is 6.07 Å². The number of likely N-dealkylation sites (tertiary alicyclic amines) is 1. The summed E-state index contributed by atoms with van der Waals surface area (Å²) in [6.07, 6.45) is -0.273. The minimum absolute atomic E-state index is 0.0188. The first-order valence-corrected chi connectivity index (χ1v) is 12.5. The van der Waals surface area contributed by atoms with Crippen molar-refractivity contribution in [2.24, 2.45) is 5.73 Å². The summed E-state index contributed by atoms with van der Waals surface area (Å²) >= 11 is 5.88. The first kappa shape index (κ1) is 25.7. The van der Waals surface area contributed by atoms with Gasteiger partial charge in [-0.2, -0.15) is 5.26 Å². The van der Waals surface area contributed by atoms with Crippen LogP contribution < -0.4 is 16.4 Å². The zero-order chi connectivity index (χ0) is 27.0. The van der Waals surface area contributed by atoms with E-state index in [1.165, 1.54) is 11.0 Å².